The highest BCUT2D eigenvalue weighted by Crippen LogP contribution is 2.28. The molecule has 172 valence electrons. The molecule has 0 spiro atoms. The summed E-state index contributed by atoms with van der Waals surface area (Å²) >= 11 is 0.938. The zero-order chi connectivity index (χ0) is 23.4. The Morgan fingerprint density at radius 1 is 1.00 bits per heavy atom. The number of nitrogens with zero attached hydrogens (tertiary/aromatic N) is 5. The van der Waals surface area contributed by atoms with E-state index < -0.39 is 18.0 Å². The van der Waals surface area contributed by atoms with Crippen molar-refractivity contribution in [2.75, 3.05) is 36.4 Å². The molecule has 0 atom stereocenters. The number of para-hydroxylation sites is 1. The minimum absolute atomic E-state index is 0.0847. The molecule has 4 rings (SSSR count). The smallest absolute Gasteiger partial charge is 0.405 e. The number of thiazole rings is 1. The fraction of sp³-hybridized carbons (Fsp3) is 0.250. The monoisotopic (exact) mass is 478 g/mol. The lowest BCUT2D eigenvalue weighted by Crippen LogP contribution is -2.49. The maximum atomic E-state index is 12.8. The van der Waals surface area contributed by atoms with E-state index in [9.17, 15) is 22.8 Å². The van der Waals surface area contributed by atoms with Gasteiger partial charge in [0.2, 0.25) is 5.95 Å². The topological polar surface area (TPSA) is 101 Å². The van der Waals surface area contributed by atoms with Crippen LogP contribution in [-0.2, 0) is 0 Å². The fourth-order valence-electron chi connectivity index (χ4n) is 3.18. The van der Waals surface area contributed by atoms with Gasteiger partial charge in [0.15, 0.2) is 5.13 Å². The lowest BCUT2D eigenvalue weighted by Gasteiger charge is -2.34. The Bertz CT molecular complexity index is 1130. The van der Waals surface area contributed by atoms with E-state index in [2.05, 4.69) is 25.0 Å². The van der Waals surface area contributed by atoms with E-state index >= 15 is 0 Å². The molecule has 3 aromatic rings. The summed E-state index contributed by atoms with van der Waals surface area (Å²) in [7, 11) is 0. The summed E-state index contributed by atoms with van der Waals surface area (Å²) < 4.78 is 41.7. The predicted octanol–water partition coefficient (Wildman–Crippen LogP) is 3.05. The zero-order valence-corrected chi connectivity index (χ0v) is 17.8. The molecule has 1 aromatic carbocycles. The number of carbonyl (C=O) groups excluding carboxylic acids is 2. The number of rotatable bonds is 5. The molecule has 0 saturated carbocycles. The van der Waals surface area contributed by atoms with Crippen molar-refractivity contribution in [3.05, 3.63) is 59.4 Å². The SMILES string of the molecule is O=C(Nc1ncc(C(=O)N2CCN(c3ncccn3)CC2)s1)c1ccccc1OC(F)(F)F. The maximum Gasteiger partial charge on any atom is 0.573 e. The van der Waals surface area contributed by atoms with Crippen LogP contribution in [0.15, 0.2) is 48.9 Å². The molecule has 9 nitrogen and oxygen atoms in total. The highest BCUT2D eigenvalue weighted by atomic mass is 32.1. The summed E-state index contributed by atoms with van der Waals surface area (Å²) in [6, 6.07) is 6.70. The number of halogens is 3. The van der Waals surface area contributed by atoms with Crippen LogP contribution < -0.4 is 15.0 Å². The molecule has 1 saturated heterocycles. The molecule has 1 N–H and O–H groups in total. The molecular formula is C20H17F3N6O3S. The maximum absolute atomic E-state index is 12.8. The molecule has 0 bridgehead atoms. The minimum Gasteiger partial charge on any atom is -0.405 e. The van der Waals surface area contributed by atoms with Crippen molar-refractivity contribution in [2.24, 2.45) is 0 Å². The number of ether oxygens (including phenoxy) is 1. The third kappa shape index (κ3) is 5.55. The quantitative estimate of drug-likeness (QED) is 0.602. The number of piperazine rings is 1. The molecule has 1 aliphatic rings. The standard InChI is InChI=1S/C20H17F3N6O3S/c21-20(22,23)32-14-5-2-1-4-13(14)16(30)27-19-26-12-15(33-19)17(31)28-8-10-29(11-9-28)18-24-6-3-7-25-18/h1-7,12H,8-11H2,(H,26,27,30). The van der Waals surface area contributed by atoms with Gasteiger partial charge < -0.3 is 14.5 Å². The zero-order valence-electron chi connectivity index (χ0n) is 17.0. The van der Waals surface area contributed by atoms with Gasteiger partial charge >= 0.3 is 6.36 Å². The van der Waals surface area contributed by atoms with Gasteiger partial charge in [-0.3, -0.25) is 14.9 Å². The number of anilines is 2. The van der Waals surface area contributed by atoms with E-state index in [1.165, 1.54) is 24.4 Å². The van der Waals surface area contributed by atoms with Crippen molar-refractivity contribution in [3.8, 4) is 5.75 Å². The molecule has 2 aromatic heterocycles. The first kappa shape index (κ1) is 22.5. The summed E-state index contributed by atoms with van der Waals surface area (Å²) in [6.45, 7) is 2.04. The van der Waals surface area contributed by atoms with Crippen LogP contribution in [0.3, 0.4) is 0 Å². The van der Waals surface area contributed by atoms with Gasteiger partial charge in [-0.2, -0.15) is 0 Å². The number of nitrogens with one attached hydrogen (secondary N) is 1. The van der Waals surface area contributed by atoms with Crippen LogP contribution in [-0.4, -0.2) is 64.2 Å². The third-order valence-electron chi connectivity index (χ3n) is 4.70. The average molecular weight is 478 g/mol. The Kier molecular flexibility index (Phi) is 6.40. The lowest BCUT2D eigenvalue weighted by molar-refractivity contribution is -0.274. The first-order valence-electron chi connectivity index (χ1n) is 9.73. The predicted molar refractivity (Wildman–Crippen MR) is 113 cm³/mol. The fourth-order valence-corrected chi connectivity index (χ4v) is 3.96. The van der Waals surface area contributed by atoms with Gasteiger partial charge in [0.25, 0.3) is 11.8 Å². The third-order valence-corrected chi connectivity index (χ3v) is 5.60. The second-order valence-corrected chi connectivity index (χ2v) is 7.89. The van der Waals surface area contributed by atoms with Gasteiger partial charge in [-0.1, -0.05) is 23.5 Å². The van der Waals surface area contributed by atoms with E-state index in [1.54, 1.807) is 23.4 Å². The first-order chi connectivity index (χ1) is 15.8. The lowest BCUT2D eigenvalue weighted by atomic mass is 10.2. The molecule has 13 heteroatoms. The van der Waals surface area contributed by atoms with Crippen molar-refractivity contribution in [1.82, 2.24) is 19.9 Å². The Labute approximate surface area is 189 Å². The number of hydrogen-bond donors (Lipinski definition) is 1. The molecule has 1 aliphatic heterocycles. The molecule has 0 unspecified atom stereocenters. The Balaban J connectivity index is 1.38. The van der Waals surface area contributed by atoms with Crippen molar-refractivity contribution < 1.29 is 27.5 Å². The van der Waals surface area contributed by atoms with Crippen LogP contribution in [0, 0.1) is 0 Å². The van der Waals surface area contributed by atoms with Gasteiger partial charge in [-0.25, -0.2) is 15.0 Å². The van der Waals surface area contributed by atoms with Gasteiger partial charge in [0.1, 0.15) is 10.6 Å². The van der Waals surface area contributed by atoms with E-state index in [4.69, 9.17) is 0 Å². The molecule has 0 radical (unpaired) electrons. The van der Waals surface area contributed by atoms with E-state index in [0.717, 1.165) is 17.4 Å². The van der Waals surface area contributed by atoms with Crippen LogP contribution in [0.25, 0.3) is 0 Å². The van der Waals surface area contributed by atoms with Gasteiger partial charge in [-0.15, -0.1) is 13.2 Å². The number of alkyl halides is 3. The van der Waals surface area contributed by atoms with Gasteiger partial charge in [0.05, 0.1) is 11.8 Å². The molecule has 2 amide bonds. The van der Waals surface area contributed by atoms with Crippen molar-refractivity contribution >= 4 is 34.2 Å². The number of aromatic nitrogens is 3. The summed E-state index contributed by atoms with van der Waals surface area (Å²) in [4.78, 5) is 41.6. The Morgan fingerprint density at radius 3 is 2.39 bits per heavy atom. The number of benzene rings is 1. The summed E-state index contributed by atoms with van der Waals surface area (Å²) in [5.41, 5.74) is -0.308. The Morgan fingerprint density at radius 2 is 1.70 bits per heavy atom. The summed E-state index contributed by atoms with van der Waals surface area (Å²) in [6.07, 6.45) is -0.303. The molecule has 1 fully saturated rings. The van der Waals surface area contributed by atoms with Crippen LogP contribution in [0.5, 0.6) is 5.75 Å². The van der Waals surface area contributed by atoms with Crippen molar-refractivity contribution in [1.29, 1.82) is 0 Å². The van der Waals surface area contributed by atoms with Gasteiger partial charge in [0, 0.05) is 38.6 Å². The molecular weight excluding hydrogens is 461 g/mol. The molecule has 3 heterocycles. The second kappa shape index (κ2) is 9.40. The highest BCUT2D eigenvalue weighted by molar-refractivity contribution is 7.17. The average Bonchev–Trinajstić information content (AvgIpc) is 3.27. The first-order valence-corrected chi connectivity index (χ1v) is 10.5. The summed E-state index contributed by atoms with van der Waals surface area (Å²) in [5, 5.41) is 2.50. The largest absolute Gasteiger partial charge is 0.573 e. The minimum atomic E-state index is -4.94. The molecule has 33 heavy (non-hydrogen) atoms. The summed E-state index contributed by atoms with van der Waals surface area (Å²) in [5.74, 6) is -1.11. The van der Waals surface area contributed by atoms with Crippen LogP contribution in [0.4, 0.5) is 24.3 Å². The van der Waals surface area contributed by atoms with Crippen LogP contribution in [0.2, 0.25) is 0 Å². The highest BCUT2D eigenvalue weighted by Gasteiger charge is 2.33. The van der Waals surface area contributed by atoms with Crippen molar-refractivity contribution in [3.63, 3.8) is 0 Å². The second-order valence-electron chi connectivity index (χ2n) is 6.86. The number of carbonyl (C=O) groups is 2. The Hall–Kier alpha value is -3.74. The van der Waals surface area contributed by atoms with Crippen molar-refractivity contribution in [2.45, 2.75) is 6.36 Å². The van der Waals surface area contributed by atoms with E-state index in [0.29, 0.717) is 37.0 Å². The number of hydrogen-bond acceptors (Lipinski definition) is 8. The molecule has 0 aliphatic carbocycles. The van der Waals surface area contributed by atoms with Crippen LogP contribution >= 0.6 is 11.3 Å². The van der Waals surface area contributed by atoms with E-state index in [1.807, 2.05) is 4.90 Å². The van der Waals surface area contributed by atoms with E-state index in [-0.39, 0.29) is 16.6 Å². The number of amides is 2. The normalized spacial score (nSPS) is 14.2. The van der Waals surface area contributed by atoms with Crippen LogP contribution in [0.1, 0.15) is 20.0 Å². The van der Waals surface area contributed by atoms with Gasteiger partial charge in [-0.05, 0) is 18.2 Å².